The topological polar surface area (TPSA) is 20.2 Å². The maximum atomic E-state index is 9.62. The molecule has 1 heteroatoms. The molecule has 0 amide bonds. The highest BCUT2D eigenvalue weighted by molar-refractivity contribution is 5.03. The SMILES string of the molecule is C[C@H]1[C@@H]2C[C@H](C[C@@H]2O)C1(C)C. The van der Waals surface area contributed by atoms with Crippen molar-refractivity contribution < 1.29 is 5.11 Å². The molecule has 2 fully saturated rings. The van der Waals surface area contributed by atoms with Gasteiger partial charge >= 0.3 is 0 Å². The average Bonchev–Trinajstić information content (AvgIpc) is 2.36. The van der Waals surface area contributed by atoms with Crippen LogP contribution in [-0.4, -0.2) is 11.2 Å². The molecule has 2 aliphatic rings. The van der Waals surface area contributed by atoms with E-state index < -0.39 is 0 Å². The van der Waals surface area contributed by atoms with E-state index in [-0.39, 0.29) is 6.10 Å². The van der Waals surface area contributed by atoms with Gasteiger partial charge in [-0.3, -0.25) is 0 Å². The van der Waals surface area contributed by atoms with Crippen LogP contribution in [0.1, 0.15) is 33.6 Å². The first-order chi connectivity index (χ1) is 5.03. The van der Waals surface area contributed by atoms with Crippen LogP contribution in [0.3, 0.4) is 0 Å². The molecule has 0 aromatic heterocycles. The number of hydrogen-bond acceptors (Lipinski definition) is 1. The molecule has 1 nitrogen and oxygen atoms in total. The lowest BCUT2D eigenvalue weighted by Crippen LogP contribution is -2.35. The van der Waals surface area contributed by atoms with Gasteiger partial charge in [-0.15, -0.1) is 0 Å². The molecule has 64 valence electrons. The molecule has 0 aromatic rings. The van der Waals surface area contributed by atoms with Crippen molar-refractivity contribution in [1.82, 2.24) is 0 Å². The highest BCUT2D eigenvalue weighted by Crippen LogP contribution is 2.58. The Kier molecular flexibility index (Phi) is 1.39. The second-order valence-corrected chi connectivity index (χ2v) is 5.01. The molecule has 0 spiro atoms. The van der Waals surface area contributed by atoms with Crippen molar-refractivity contribution in [3.05, 3.63) is 0 Å². The van der Waals surface area contributed by atoms with Crippen LogP contribution in [0, 0.1) is 23.2 Å². The summed E-state index contributed by atoms with van der Waals surface area (Å²) in [5.41, 5.74) is 0.490. The van der Waals surface area contributed by atoms with Gasteiger partial charge in [-0.1, -0.05) is 20.8 Å². The van der Waals surface area contributed by atoms with Gasteiger partial charge in [-0.25, -0.2) is 0 Å². The largest absolute Gasteiger partial charge is 0.393 e. The van der Waals surface area contributed by atoms with Crippen LogP contribution in [0.2, 0.25) is 0 Å². The minimum atomic E-state index is 0.0167. The Labute approximate surface area is 68.8 Å². The molecule has 0 heterocycles. The second-order valence-electron chi connectivity index (χ2n) is 5.01. The van der Waals surface area contributed by atoms with E-state index in [0.29, 0.717) is 11.3 Å². The maximum Gasteiger partial charge on any atom is 0.0574 e. The molecule has 0 aromatic carbocycles. The van der Waals surface area contributed by atoms with E-state index in [1.54, 1.807) is 0 Å². The molecule has 0 saturated heterocycles. The highest BCUT2D eigenvalue weighted by atomic mass is 16.3. The minimum absolute atomic E-state index is 0.0167. The number of fused-ring (bicyclic) bond motifs is 2. The smallest absolute Gasteiger partial charge is 0.0574 e. The molecule has 0 radical (unpaired) electrons. The third-order valence-electron chi connectivity index (χ3n) is 4.44. The van der Waals surface area contributed by atoms with E-state index in [4.69, 9.17) is 0 Å². The summed E-state index contributed by atoms with van der Waals surface area (Å²) in [6, 6.07) is 0. The summed E-state index contributed by atoms with van der Waals surface area (Å²) in [6.07, 6.45) is 2.35. The number of aliphatic hydroxyl groups is 1. The van der Waals surface area contributed by atoms with Crippen molar-refractivity contribution >= 4 is 0 Å². The predicted molar refractivity (Wildman–Crippen MR) is 45.2 cm³/mol. The van der Waals surface area contributed by atoms with Crippen LogP contribution >= 0.6 is 0 Å². The molecule has 4 atom stereocenters. The van der Waals surface area contributed by atoms with E-state index in [0.717, 1.165) is 18.3 Å². The molecule has 2 rings (SSSR count). The van der Waals surface area contributed by atoms with E-state index in [1.807, 2.05) is 0 Å². The first-order valence-electron chi connectivity index (χ1n) is 4.71. The zero-order valence-corrected chi connectivity index (χ0v) is 7.67. The summed E-state index contributed by atoms with van der Waals surface area (Å²) in [6.45, 7) is 7.01. The van der Waals surface area contributed by atoms with Gasteiger partial charge in [0.1, 0.15) is 0 Å². The minimum Gasteiger partial charge on any atom is -0.393 e. The van der Waals surface area contributed by atoms with Crippen LogP contribution in [-0.2, 0) is 0 Å². The van der Waals surface area contributed by atoms with Crippen LogP contribution in [0.5, 0.6) is 0 Å². The Morgan fingerprint density at radius 2 is 1.91 bits per heavy atom. The summed E-state index contributed by atoms with van der Waals surface area (Å²) in [7, 11) is 0. The standard InChI is InChI=1S/C10H18O/c1-6-8-4-7(5-9(8)11)10(6,2)3/h6-9,11H,4-5H2,1-3H3/t6-,7+,8-,9-/m0/s1. The lowest BCUT2D eigenvalue weighted by molar-refractivity contribution is 0.0239. The Bertz CT molecular complexity index is 170. The van der Waals surface area contributed by atoms with Crippen molar-refractivity contribution in [3.8, 4) is 0 Å². The fourth-order valence-corrected chi connectivity index (χ4v) is 3.12. The van der Waals surface area contributed by atoms with Gasteiger partial charge in [0.2, 0.25) is 0 Å². The van der Waals surface area contributed by atoms with Gasteiger partial charge in [-0.05, 0) is 36.0 Å². The molecule has 2 aliphatic carbocycles. The zero-order valence-electron chi connectivity index (χ0n) is 7.67. The monoisotopic (exact) mass is 154 g/mol. The van der Waals surface area contributed by atoms with Crippen LogP contribution < -0.4 is 0 Å². The van der Waals surface area contributed by atoms with Crippen LogP contribution in [0.15, 0.2) is 0 Å². The van der Waals surface area contributed by atoms with Gasteiger partial charge < -0.3 is 5.11 Å². The normalized spacial score (nSPS) is 53.5. The van der Waals surface area contributed by atoms with Crippen molar-refractivity contribution in [1.29, 1.82) is 0 Å². The fraction of sp³-hybridized carbons (Fsp3) is 1.00. The maximum absolute atomic E-state index is 9.62. The summed E-state index contributed by atoms with van der Waals surface area (Å²) >= 11 is 0. The fourth-order valence-electron chi connectivity index (χ4n) is 3.12. The Morgan fingerprint density at radius 1 is 1.27 bits per heavy atom. The quantitative estimate of drug-likeness (QED) is 0.566. The highest BCUT2D eigenvalue weighted by Gasteiger charge is 2.54. The van der Waals surface area contributed by atoms with E-state index in [9.17, 15) is 5.11 Å². The molecular formula is C10H18O. The summed E-state index contributed by atoms with van der Waals surface area (Å²) in [5.74, 6) is 2.11. The van der Waals surface area contributed by atoms with Gasteiger partial charge in [0, 0.05) is 0 Å². The Balaban J connectivity index is 2.25. The van der Waals surface area contributed by atoms with Gasteiger partial charge in [0.25, 0.3) is 0 Å². The number of hydrogen-bond donors (Lipinski definition) is 1. The first-order valence-corrected chi connectivity index (χ1v) is 4.71. The third-order valence-corrected chi connectivity index (χ3v) is 4.44. The van der Waals surface area contributed by atoms with Crippen molar-refractivity contribution in [2.75, 3.05) is 0 Å². The summed E-state index contributed by atoms with van der Waals surface area (Å²) < 4.78 is 0. The third kappa shape index (κ3) is 0.807. The number of aliphatic hydroxyl groups excluding tert-OH is 1. The summed E-state index contributed by atoms with van der Waals surface area (Å²) in [5, 5.41) is 9.62. The lowest BCUT2D eigenvalue weighted by Gasteiger charge is -2.38. The summed E-state index contributed by atoms with van der Waals surface area (Å²) in [4.78, 5) is 0. The molecule has 0 aliphatic heterocycles. The van der Waals surface area contributed by atoms with E-state index >= 15 is 0 Å². The second kappa shape index (κ2) is 2.01. The molecule has 0 unspecified atom stereocenters. The van der Waals surface area contributed by atoms with E-state index in [1.165, 1.54) is 6.42 Å². The van der Waals surface area contributed by atoms with Gasteiger partial charge in [0.15, 0.2) is 0 Å². The zero-order chi connectivity index (χ0) is 8.22. The van der Waals surface area contributed by atoms with Crippen LogP contribution in [0.25, 0.3) is 0 Å². The van der Waals surface area contributed by atoms with Gasteiger partial charge in [0.05, 0.1) is 6.10 Å². The molecule has 1 N–H and O–H groups in total. The molecular weight excluding hydrogens is 136 g/mol. The first kappa shape index (κ1) is 7.60. The van der Waals surface area contributed by atoms with E-state index in [2.05, 4.69) is 20.8 Å². The predicted octanol–water partition coefficient (Wildman–Crippen LogP) is 2.05. The Hall–Kier alpha value is -0.0400. The van der Waals surface area contributed by atoms with Crippen molar-refractivity contribution in [2.24, 2.45) is 23.2 Å². The van der Waals surface area contributed by atoms with Crippen molar-refractivity contribution in [2.45, 2.75) is 39.7 Å². The van der Waals surface area contributed by atoms with Crippen molar-refractivity contribution in [3.63, 3.8) is 0 Å². The molecule has 2 bridgehead atoms. The lowest BCUT2D eigenvalue weighted by atomic mass is 9.69. The average molecular weight is 154 g/mol. The molecule has 2 saturated carbocycles. The number of rotatable bonds is 0. The molecule has 11 heavy (non-hydrogen) atoms. The Morgan fingerprint density at radius 3 is 2.27 bits per heavy atom. The van der Waals surface area contributed by atoms with Crippen LogP contribution in [0.4, 0.5) is 0 Å². The van der Waals surface area contributed by atoms with Gasteiger partial charge in [-0.2, -0.15) is 0 Å².